The molecule has 0 radical (unpaired) electrons. The van der Waals surface area contributed by atoms with E-state index in [1.54, 1.807) is 26.0 Å². The van der Waals surface area contributed by atoms with Crippen LogP contribution in [0.2, 0.25) is 5.02 Å². The maximum atomic E-state index is 13.7. The largest absolute Gasteiger partial charge is 0.340 e. The Kier molecular flexibility index (Phi) is 6.90. The van der Waals surface area contributed by atoms with Crippen molar-refractivity contribution in [2.24, 2.45) is 5.92 Å². The second-order valence-electron chi connectivity index (χ2n) is 6.13. The van der Waals surface area contributed by atoms with Gasteiger partial charge in [0.1, 0.15) is 11.9 Å². The van der Waals surface area contributed by atoms with Crippen LogP contribution in [0.4, 0.5) is 4.39 Å². The van der Waals surface area contributed by atoms with Crippen LogP contribution < -0.4 is 16.2 Å². The molecule has 0 saturated heterocycles. The molecule has 0 heterocycles. The number of nitrogens with one attached hydrogen (secondary N) is 3. The minimum Gasteiger partial charge on any atom is -0.340 e. The maximum absolute atomic E-state index is 13.7. The molecule has 6 nitrogen and oxygen atoms in total. The Morgan fingerprint density at radius 2 is 1.56 bits per heavy atom. The molecule has 0 saturated carbocycles. The predicted molar refractivity (Wildman–Crippen MR) is 99.6 cm³/mol. The number of carbonyl (C=O) groups excluding carboxylic acids is 3. The highest BCUT2D eigenvalue weighted by atomic mass is 35.5. The molecule has 0 aromatic heterocycles. The number of benzene rings is 2. The molecule has 0 spiro atoms. The van der Waals surface area contributed by atoms with Crippen LogP contribution in [0.15, 0.2) is 48.5 Å². The molecule has 8 heteroatoms. The second-order valence-corrected chi connectivity index (χ2v) is 6.56. The van der Waals surface area contributed by atoms with Crippen LogP contribution in [0.25, 0.3) is 0 Å². The van der Waals surface area contributed by atoms with E-state index in [1.165, 1.54) is 30.3 Å². The van der Waals surface area contributed by atoms with Crippen molar-refractivity contribution in [3.8, 4) is 0 Å². The molecule has 0 aliphatic heterocycles. The molecule has 0 unspecified atom stereocenters. The Hall–Kier alpha value is -2.93. The SMILES string of the molecule is CC(C)[C@H](NC(=O)c1ccccc1F)C(=O)NNC(=O)c1ccc(Cl)cc1. The third-order valence-electron chi connectivity index (χ3n) is 3.76. The zero-order valence-corrected chi connectivity index (χ0v) is 15.5. The minimum atomic E-state index is -0.970. The Balaban J connectivity index is 2.00. The average molecular weight is 392 g/mol. The lowest BCUT2D eigenvalue weighted by Gasteiger charge is -2.22. The number of rotatable bonds is 5. The summed E-state index contributed by atoms with van der Waals surface area (Å²) in [4.78, 5) is 36.7. The first-order chi connectivity index (χ1) is 12.8. The number of hydrazine groups is 1. The molecular weight excluding hydrogens is 373 g/mol. The summed E-state index contributed by atoms with van der Waals surface area (Å²) in [6.07, 6.45) is 0. The van der Waals surface area contributed by atoms with Crippen molar-refractivity contribution in [1.29, 1.82) is 0 Å². The smallest absolute Gasteiger partial charge is 0.269 e. The summed E-state index contributed by atoms with van der Waals surface area (Å²) in [7, 11) is 0. The molecule has 1 atom stereocenters. The Morgan fingerprint density at radius 1 is 0.926 bits per heavy atom. The molecule has 0 bridgehead atoms. The molecule has 2 aromatic carbocycles. The van der Waals surface area contributed by atoms with Crippen LogP contribution in [0.1, 0.15) is 34.6 Å². The number of carbonyl (C=O) groups is 3. The predicted octanol–water partition coefficient (Wildman–Crippen LogP) is 2.69. The summed E-state index contributed by atoms with van der Waals surface area (Å²) < 4.78 is 13.7. The zero-order valence-electron chi connectivity index (χ0n) is 14.8. The monoisotopic (exact) mass is 391 g/mol. The zero-order chi connectivity index (χ0) is 20.0. The molecule has 3 amide bonds. The molecule has 2 aromatic rings. The van der Waals surface area contributed by atoms with Crippen molar-refractivity contribution in [1.82, 2.24) is 16.2 Å². The first-order valence-electron chi connectivity index (χ1n) is 8.20. The van der Waals surface area contributed by atoms with E-state index in [-0.39, 0.29) is 11.5 Å². The van der Waals surface area contributed by atoms with Gasteiger partial charge in [-0.2, -0.15) is 0 Å². The van der Waals surface area contributed by atoms with E-state index in [0.717, 1.165) is 6.07 Å². The fraction of sp³-hybridized carbons (Fsp3) is 0.211. The van der Waals surface area contributed by atoms with Crippen molar-refractivity contribution >= 4 is 29.3 Å². The van der Waals surface area contributed by atoms with E-state index < -0.39 is 29.6 Å². The van der Waals surface area contributed by atoms with Gasteiger partial charge in [-0.05, 0) is 42.3 Å². The van der Waals surface area contributed by atoms with Gasteiger partial charge in [-0.1, -0.05) is 37.6 Å². The van der Waals surface area contributed by atoms with Crippen LogP contribution in [-0.4, -0.2) is 23.8 Å². The fourth-order valence-corrected chi connectivity index (χ4v) is 2.39. The van der Waals surface area contributed by atoms with E-state index in [1.807, 2.05) is 0 Å². The van der Waals surface area contributed by atoms with E-state index in [2.05, 4.69) is 16.2 Å². The van der Waals surface area contributed by atoms with Crippen molar-refractivity contribution in [3.05, 3.63) is 70.5 Å². The Morgan fingerprint density at radius 3 is 2.15 bits per heavy atom. The molecule has 142 valence electrons. The van der Waals surface area contributed by atoms with Gasteiger partial charge in [-0.3, -0.25) is 25.2 Å². The third-order valence-corrected chi connectivity index (χ3v) is 4.01. The quantitative estimate of drug-likeness (QED) is 0.685. The topological polar surface area (TPSA) is 87.3 Å². The molecule has 0 fully saturated rings. The minimum absolute atomic E-state index is 0.166. The summed E-state index contributed by atoms with van der Waals surface area (Å²) in [6, 6.07) is 10.6. The molecule has 0 aliphatic carbocycles. The van der Waals surface area contributed by atoms with Gasteiger partial charge >= 0.3 is 0 Å². The molecule has 3 N–H and O–H groups in total. The van der Waals surface area contributed by atoms with E-state index in [9.17, 15) is 18.8 Å². The summed E-state index contributed by atoms with van der Waals surface area (Å²) in [6.45, 7) is 3.43. The van der Waals surface area contributed by atoms with Gasteiger partial charge in [0.05, 0.1) is 5.56 Å². The summed E-state index contributed by atoms with van der Waals surface area (Å²) in [5, 5.41) is 2.96. The van der Waals surface area contributed by atoms with Crippen LogP contribution in [0.3, 0.4) is 0 Å². The number of amides is 3. The average Bonchev–Trinajstić information content (AvgIpc) is 2.64. The number of hydrogen-bond donors (Lipinski definition) is 3. The van der Waals surface area contributed by atoms with Crippen molar-refractivity contribution < 1.29 is 18.8 Å². The number of halogens is 2. The van der Waals surface area contributed by atoms with Gasteiger partial charge < -0.3 is 5.32 Å². The van der Waals surface area contributed by atoms with Crippen LogP contribution in [0.5, 0.6) is 0 Å². The third kappa shape index (κ3) is 5.52. The highest BCUT2D eigenvalue weighted by Crippen LogP contribution is 2.10. The lowest BCUT2D eigenvalue weighted by Crippen LogP contribution is -2.54. The summed E-state index contributed by atoms with van der Waals surface area (Å²) in [5.41, 5.74) is 4.68. The van der Waals surface area contributed by atoms with Gasteiger partial charge in [0.25, 0.3) is 17.7 Å². The fourth-order valence-electron chi connectivity index (χ4n) is 2.27. The normalized spacial score (nSPS) is 11.6. The lowest BCUT2D eigenvalue weighted by molar-refractivity contribution is -0.124. The first-order valence-corrected chi connectivity index (χ1v) is 8.58. The van der Waals surface area contributed by atoms with Gasteiger partial charge in [-0.15, -0.1) is 0 Å². The first kappa shape index (κ1) is 20.4. The van der Waals surface area contributed by atoms with Gasteiger partial charge in [0.15, 0.2) is 0 Å². The highest BCUT2D eigenvalue weighted by Gasteiger charge is 2.26. The van der Waals surface area contributed by atoms with Gasteiger partial charge in [0.2, 0.25) is 0 Å². The van der Waals surface area contributed by atoms with E-state index in [4.69, 9.17) is 11.6 Å². The van der Waals surface area contributed by atoms with Crippen LogP contribution in [0, 0.1) is 11.7 Å². The highest BCUT2D eigenvalue weighted by molar-refractivity contribution is 6.30. The molecule has 2 rings (SSSR count). The number of hydrogen-bond acceptors (Lipinski definition) is 3. The van der Waals surface area contributed by atoms with E-state index >= 15 is 0 Å². The summed E-state index contributed by atoms with van der Waals surface area (Å²) >= 11 is 5.76. The standard InChI is InChI=1S/C19H19ClFN3O3/c1-11(2)16(22-18(26)14-5-3-4-6-15(14)21)19(27)24-23-17(25)12-7-9-13(20)10-8-12/h3-11,16H,1-2H3,(H,22,26)(H,23,25)(H,24,27)/t16-/m0/s1. The summed E-state index contributed by atoms with van der Waals surface area (Å²) in [5.74, 6) is -2.87. The van der Waals surface area contributed by atoms with Crippen LogP contribution >= 0.6 is 11.6 Å². The maximum Gasteiger partial charge on any atom is 0.269 e. The van der Waals surface area contributed by atoms with Gasteiger partial charge in [0, 0.05) is 10.6 Å². The van der Waals surface area contributed by atoms with E-state index in [0.29, 0.717) is 10.6 Å². The van der Waals surface area contributed by atoms with Crippen LogP contribution in [-0.2, 0) is 4.79 Å². The van der Waals surface area contributed by atoms with Crippen molar-refractivity contribution in [2.45, 2.75) is 19.9 Å². The Bertz CT molecular complexity index is 840. The lowest BCUT2D eigenvalue weighted by atomic mass is 10.0. The molecule has 0 aliphatic rings. The molecule has 27 heavy (non-hydrogen) atoms. The molecular formula is C19H19ClFN3O3. The van der Waals surface area contributed by atoms with Crippen molar-refractivity contribution in [3.63, 3.8) is 0 Å². The second kappa shape index (κ2) is 9.14. The Labute approximate surface area is 161 Å². The van der Waals surface area contributed by atoms with Gasteiger partial charge in [-0.25, -0.2) is 4.39 Å². The van der Waals surface area contributed by atoms with Crippen molar-refractivity contribution in [2.75, 3.05) is 0 Å².